The third-order valence-corrected chi connectivity index (χ3v) is 2.81. The number of amides is 1. The molecule has 0 aromatic carbocycles. The maximum atomic E-state index is 11.8. The predicted molar refractivity (Wildman–Crippen MR) is 68.7 cm³/mol. The van der Waals surface area contributed by atoms with Gasteiger partial charge in [-0.2, -0.15) is 0 Å². The van der Waals surface area contributed by atoms with Crippen LogP contribution in [-0.2, 0) is 11.2 Å². The van der Waals surface area contributed by atoms with Gasteiger partial charge in [0.05, 0.1) is 0 Å². The van der Waals surface area contributed by atoms with Gasteiger partial charge in [0.25, 0.3) is 5.91 Å². The van der Waals surface area contributed by atoms with Crippen molar-refractivity contribution < 1.29 is 14.7 Å². The summed E-state index contributed by atoms with van der Waals surface area (Å²) in [7, 11) is 0. The third-order valence-electron chi connectivity index (χ3n) is 2.81. The van der Waals surface area contributed by atoms with Crippen LogP contribution in [-0.4, -0.2) is 38.7 Å². The van der Waals surface area contributed by atoms with E-state index in [0.29, 0.717) is 18.8 Å². The second kappa shape index (κ2) is 7.50. The Morgan fingerprint density at radius 2 is 2.16 bits per heavy atom. The van der Waals surface area contributed by atoms with Crippen LogP contribution in [0.1, 0.15) is 49.6 Å². The molecule has 0 saturated carbocycles. The molecule has 106 valence electrons. The van der Waals surface area contributed by atoms with E-state index in [4.69, 9.17) is 5.11 Å². The number of hydrogen-bond donors (Lipinski definition) is 3. The van der Waals surface area contributed by atoms with Gasteiger partial charge in [-0.1, -0.05) is 20.3 Å². The Balaban J connectivity index is 2.47. The van der Waals surface area contributed by atoms with Crippen molar-refractivity contribution in [2.45, 2.75) is 39.5 Å². The van der Waals surface area contributed by atoms with Gasteiger partial charge in [-0.15, -0.1) is 5.10 Å². The fourth-order valence-corrected chi connectivity index (χ4v) is 1.67. The Labute approximate surface area is 111 Å². The first-order chi connectivity index (χ1) is 9.06. The molecule has 1 rings (SSSR count). The molecule has 0 aliphatic heterocycles. The summed E-state index contributed by atoms with van der Waals surface area (Å²) in [4.78, 5) is 26.5. The molecule has 19 heavy (non-hydrogen) atoms. The Hall–Kier alpha value is -1.92. The van der Waals surface area contributed by atoms with Crippen molar-refractivity contribution >= 4 is 11.9 Å². The van der Waals surface area contributed by atoms with Gasteiger partial charge in [-0.05, 0) is 12.3 Å². The standard InChI is InChI=1S/C12H20N4O3/c1-3-5-9-14-11(16-15-9)12(19)13-7-8(4-2)6-10(17)18/h8H,3-7H2,1-2H3,(H,13,19)(H,17,18)(H,14,15,16). The van der Waals surface area contributed by atoms with Gasteiger partial charge < -0.3 is 10.4 Å². The smallest absolute Gasteiger partial charge is 0.303 e. The largest absolute Gasteiger partial charge is 0.481 e. The van der Waals surface area contributed by atoms with Crippen molar-refractivity contribution in [3.8, 4) is 0 Å². The summed E-state index contributed by atoms with van der Waals surface area (Å²) in [5.41, 5.74) is 0. The van der Waals surface area contributed by atoms with E-state index in [0.717, 1.165) is 12.8 Å². The number of H-pyrrole nitrogens is 1. The number of carboxylic acid groups (broad SMARTS) is 1. The fraction of sp³-hybridized carbons (Fsp3) is 0.667. The van der Waals surface area contributed by atoms with E-state index in [1.807, 2.05) is 13.8 Å². The lowest BCUT2D eigenvalue weighted by Crippen LogP contribution is -2.30. The van der Waals surface area contributed by atoms with Crippen molar-refractivity contribution in [2.75, 3.05) is 6.54 Å². The first-order valence-corrected chi connectivity index (χ1v) is 6.48. The highest BCUT2D eigenvalue weighted by Gasteiger charge is 2.16. The zero-order chi connectivity index (χ0) is 14.3. The average Bonchev–Trinajstić information content (AvgIpc) is 2.82. The molecule has 3 N–H and O–H groups in total. The van der Waals surface area contributed by atoms with Crippen LogP contribution in [0.4, 0.5) is 0 Å². The number of rotatable bonds is 8. The molecule has 1 aromatic rings. The van der Waals surface area contributed by atoms with Crippen molar-refractivity contribution in [1.82, 2.24) is 20.5 Å². The van der Waals surface area contributed by atoms with Crippen LogP contribution in [0.15, 0.2) is 0 Å². The number of carboxylic acids is 1. The summed E-state index contributed by atoms with van der Waals surface area (Å²) in [6.45, 7) is 4.23. The molecule has 0 bridgehead atoms. The summed E-state index contributed by atoms with van der Waals surface area (Å²) in [5, 5.41) is 17.9. The molecule has 0 saturated heterocycles. The summed E-state index contributed by atoms with van der Waals surface area (Å²) in [6, 6.07) is 0. The number of hydrogen-bond acceptors (Lipinski definition) is 4. The van der Waals surface area contributed by atoms with E-state index in [9.17, 15) is 9.59 Å². The predicted octanol–water partition coefficient (Wildman–Crippen LogP) is 0.988. The molecule has 7 nitrogen and oxygen atoms in total. The molecule has 1 amide bonds. The zero-order valence-electron chi connectivity index (χ0n) is 11.3. The summed E-state index contributed by atoms with van der Waals surface area (Å²) in [6.07, 6.45) is 2.41. The Bertz CT molecular complexity index is 430. The van der Waals surface area contributed by atoms with Crippen LogP contribution in [0.25, 0.3) is 0 Å². The van der Waals surface area contributed by atoms with E-state index in [2.05, 4.69) is 20.5 Å². The normalized spacial score (nSPS) is 12.1. The highest BCUT2D eigenvalue weighted by Crippen LogP contribution is 2.06. The van der Waals surface area contributed by atoms with Crippen molar-refractivity contribution in [3.63, 3.8) is 0 Å². The Morgan fingerprint density at radius 3 is 2.74 bits per heavy atom. The number of aliphatic carboxylic acids is 1. The SMILES string of the molecule is CCCc1nc(C(=O)NCC(CC)CC(=O)O)n[nH]1. The van der Waals surface area contributed by atoms with E-state index in [-0.39, 0.29) is 24.1 Å². The van der Waals surface area contributed by atoms with E-state index in [1.54, 1.807) is 0 Å². The number of aromatic amines is 1. The number of carbonyl (C=O) groups excluding carboxylic acids is 1. The maximum Gasteiger partial charge on any atom is 0.303 e. The second-order valence-electron chi connectivity index (χ2n) is 4.44. The van der Waals surface area contributed by atoms with Gasteiger partial charge in [-0.25, -0.2) is 4.98 Å². The van der Waals surface area contributed by atoms with Gasteiger partial charge in [-0.3, -0.25) is 14.7 Å². The molecule has 7 heteroatoms. The lowest BCUT2D eigenvalue weighted by molar-refractivity contribution is -0.138. The van der Waals surface area contributed by atoms with Crippen molar-refractivity contribution in [1.29, 1.82) is 0 Å². The number of aryl methyl sites for hydroxylation is 1. The van der Waals surface area contributed by atoms with Gasteiger partial charge in [0.2, 0.25) is 5.82 Å². The summed E-state index contributed by atoms with van der Waals surface area (Å²) in [5.74, 6) is -0.513. The van der Waals surface area contributed by atoms with Crippen LogP contribution in [0.5, 0.6) is 0 Å². The molecule has 1 atom stereocenters. The first kappa shape index (κ1) is 15.1. The van der Waals surface area contributed by atoms with Crippen molar-refractivity contribution in [2.24, 2.45) is 5.92 Å². The van der Waals surface area contributed by atoms with Gasteiger partial charge in [0, 0.05) is 19.4 Å². The highest BCUT2D eigenvalue weighted by atomic mass is 16.4. The number of nitrogens with one attached hydrogen (secondary N) is 2. The van der Waals surface area contributed by atoms with Crippen LogP contribution in [0, 0.1) is 5.92 Å². The Morgan fingerprint density at radius 1 is 1.42 bits per heavy atom. The van der Waals surface area contributed by atoms with Crippen molar-refractivity contribution in [3.05, 3.63) is 11.6 Å². The van der Waals surface area contributed by atoms with Crippen LogP contribution in [0.2, 0.25) is 0 Å². The monoisotopic (exact) mass is 268 g/mol. The average molecular weight is 268 g/mol. The quantitative estimate of drug-likeness (QED) is 0.651. The van der Waals surface area contributed by atoms with Crippen LogP contribution in [0.3, 0.4) is 0 Å². The molecular formula is C12H20N4O3. The topological polar surface area (TPSA) is 108 Å². The molecule has 0 radical (unpaired) electrons. The second-order valence-corrected chi connectivity index (χ2v) is 4.44. The highest BCUT2D eigenvalue weighted by molar-refractivity contribution is 5.90. The third kappa shape index (κ3) is 5.07. The van der Waals surface area contributed by atoms with Crippen LogP contribution >= 0.6 is 0 Å². The molecule has 0 spiro atoms. The fourth-order valence-electron chi connectivity index (χ4n) is 1.67. The molecule has 1 aromatic heterocycles. The van der Waals surface area contributed by atoms with E-state index in [1.165, 1.54) is 0 Å². The zero-order valence-corrected chi connectivity index (χ0v) is 11.3. The molecule has 0 aliphatic carbocycles. The molecule has 0 fully saturated rings. The first-order valence-electron chi connectivity index (χ1n) is 6.48. The Kier molecular flexibility index (Phi) is 5.98. The van der Waals surface area contributed by atoms with Gasteiger partial charge in [0.15, 0.2) is 0 Å². The molecule has 0 aliphatic rings. The van der Waals surface area contributed by atoms with Gasteiger partial charge >= 0.3 is 5.97 Å². The minimum absolute atomic E-state index is 0.0475. The molecule has 1 unspecified atom stereocenters. The van der Waals surface area contributed by atoms with E-state index >= 15 is 0 Å². The van der Waals surface area contributed by atoms with E-state index < -0.39 is 5.97 Å². The summed E-state index contributed by atoms with van der Waals surface area (Å²) >= 11 is 0. The lowest BCUT2D eigenvalue weighted by atomic mass is 10.0. The molecular weight excluding hydrogens is 248 g/mol. The number of nitrogens with zero attached hydrogens (tertiary/aromatic N) is 2. The summed E-state index contributed by atoms with van der Waals surface area (Å²) < 4.78 is 0. The molecule has 1 heterocycles. The maximum absolute atomic E-state index is 11.8. The number of carbonyl (C=O) groups is 2. The van der Waals surface area contributed by atoms with Crippen LogP contribution < -0.4 is 5.32 Å². The minimum atomic E-state index is -0.857. The minimum Gasteiger partial charge on any atom is -0.481 e. The number of aromatic nitrogens is 3. The van der Waals surface area contributed by atoms with Gasteiger partial charge in [0.1, 0.15) is 5.82 Å². The lowest BCUT2D eigenvalue weighted by Gasteiger charge is -2.12.